The lowest BCUT2D eigenvalue weighted by molar-refractivity contribution is 0.402. The molecule has 0 unspecified atom stereocenters. The van der Waals surface area contributed by atoms with Crippen LogP contribution in [-0.4, -0.2) is 19.1 Å². The van der Waals surface area contributed by atoms with Gasteiger partial charge in [-0.1, -0.05) is 164 Å². The first-order valence-electron chi connectivity index (χ1n) is 24.7. The van der Waals surface area contributed by atoms with Gasteiger partial charge in [0.15, 0.2) is 0 Å². The van der Waals surface area contributed by atoms with Crippen molar-refractivity contribution >= 4 is 49.6 Å². The predicted octanol–water partition coefficient (Wildman–Crippen LogP) is 16.1. The van der Waals surface area contributed by atoms with Crippen LogP contribution in [0.15, 0.2) is 213 Å². The van der Waals surface area contributed by atoms with E-state index in [0.717, 1.165) is 93.9 Å². The molecule has 0 aliphatic carbocycles. The standard InChI is InChI=1S/C66H47N7/c1-65(2)59-60(66(3,4)73(65)50-28-18-9-19-29-50)62(72-58-37-47(43-22-12-6-13-23-43)31-33-52(58)54-35-49(41-70-64(54)72)45-26-16-8-17-27-45)56(39-68)55(38-67)61(59)71-57-36-46(42-20-10-5-11-21-42)30-32-51(57)53-34-48(40-69-63(53)71)44-24-14-7-15-25-44/h5-37,40-41H,1-4H3. The van der Waals surface area contributed by atoms with Crippen LogP contribution in [0.3, 0.4) is 0 Å². The topological polar surface area (TPSA) is 86.5 Å². The van der Waals surface area contributed by atoms with E-state index >= 15 is 0 Å². The Bertz CT molecular complexity index is 4000. The normalized spacial score (nSPS) is 13.6. The average molecular weight is 938 g/mol. The minimum atomic E-state index is -0.782. The van der Waals surface area contributed by atoms with E-state index in [1.165, 1.54) is 0 Å². The number of aromatic nitrogens is 4. The molecule has 8 aromatic carbocycles. The molecule has 0 saturated carbocycles. The predicted molar refractivity (Wildman–Crippen MR) is 297 cm³/mol. The van der Waals surface area contributed by atoms with Crippen molar-refractivity contribution in [1.29, 1.82) is 10.5 Å². The molecule has 0 atom stereocenters. The summed E-state index contributed by atoms with van der Waals surface area (Å²) < 4.78 is 4.37. The first-order chi connectivity index (χ1) is 35.7. The summed E-state index contributed by atoms with van der Waals surface area (Å²) in [6.07, 6.45) is 3.86. The fourth-order valence-corrected chi connectivity index (χ4v) is 12.2. The van der Waals surface area contributed by atoms with Crippen molar-refractivity contribution in [3.8, 4) is 68.0 Å². The number of fused-ring (bicyclic) bond motifs is 7. The summed E-state index contributed by atoms with van der Waals surface area (Å²) in [5, 5.41) is 28.0. The number of nitrogens with zero attached hydrogens (tertiary/aromatic N) is 7. The fourth-order valence-electron chi connectivity index (χ4n) is 12.2. The molecule has 1 aliphatic rings. The molecule has 0 radical (unpaired) electrons. The van der Waals surface area contributed by atoms with E-state index in [9.17, 15) is 10.5 Å². The van der Waals surface area contributed by atoms with E-state index in [2.05, 4.69) is 199 Å². The van der Waals surface area contributed by atoms with E-state index < -0.39 is 11.1 Å². The van der Waals surface area contributed by atoms with E-state index in [4.69, 9.17) is 9.97 Å². The second kappa shape index (κ2) is 16.5. The van der Waals surface area contributed by atoms with Gasteiger partial charge >= 0.3 is 0 Å². The Morgan fingerprint density at radius 1 is 0.370 bits per heavy atom. The van der Waals surface area contributed by atoms with Crippen molar-refractivity contribution < 1.29 is 0 Å². The molecule has 0 bridgehead atoms. The van der Waals surface area contributed by atoms with Crippen LogP contribution < -0.4 is 4.90 Å². The number of hydrogen-bond acceptors (Lipinski definition) is 5. The lowest BCUT2D eigenvalue weighted by Gasteiger charge is -2.43. The Labute approximate surface area is 423 Å². The minimum absolute atomic E-state index is 0.267. The number of rotatable bonds is 7. The van der Waals surface area contributed by atoms with Gasteiger partial charge in [-0.2, -0.15) is 10.5 Å². The summed E-state index contributed by atoms with van der Waals surface area (Å²) in [6, 6.07) is 74.9. The Morgan fingerprint density at radius 2 is 0.712 bits per heavy atom. The summed E-state index contributed by atoms with van der Waals surface area (Å²) in [7, 11) is 0. The summed E-state index contributed by atoms with van der Waals surface area (Å²) in [4.78, 5) is 13.2. The van der Waals surface area contributed by atoms with E-state index in [1.54, 1.807) is 0 Å². The highest BCUT2D eigenvalue weighted by molar-refractivity contribution is 6.12. The van der Waals surface area contributed by atoms with Crippen molar-refractivity contribution in [2.45, 2.75) is 38.8 Å². The zero-order valence-electron chi connectivity index (χ0n) is 40.8. The average Bonchev–Trinajstić information content (AvgIpc) is 3.99. The largest absolute Gasteiger partial charge is 0.353 e. The molecule has 0 saturated heterocycles. The van der Waals surface area contributed by atoms with Gasteiger partial charge in [0.2, 0.25) is 0 Å². The fraction of sp³-hybridized carbons (Fsp3) is 0.0909. The molecular weight excluding hydrogens is 891 g/mol. The summed E-state index contributed by atoms with van der Waals surface area (Å²) in [5.41, 5.74) is 14.6. The smallest absolute Gasteiger partial charge is 0.145 e. The number of benzene rings is 8. The minimum Gasteiger partial charge on any atom is -0.353 e. The molecule has 4 aromatic heterocycles. The lowest BCUT2D eigenvalue weighted by atomic mass is 9.83. The Balaban J connectivity index is 1.21. The van der Waals surface area contributed by atoms with Gasteiger partial charge in [-0.15, -0.1) is 0 Å². The molecule has 0 spiro atoms. The van der Waals surface area contributed by atoms with Crippen LogP contribution in [0.1, 0.15) is 49.9 Å². The number of pyridine rings is 2. The first-order valence-corrected chi connectivity index (χ1v) is 24.7. The SMILES string of the molecule is CC1(C)c2c(-n3c4cc(-c5ccccc5)ccc4c4cc(-c5ccccc5)cnc43)c(C#N)c(C#N)c(-n3c4cc(-c5ccccc5)ccc4c4cc(-c5ccccc5)cnc43)c2C(C)(C)N1c1ccccc1. The van der Waals surface area contributed by atoms with Crippen molar-refractivity contribution in [2.75, 3.05) is 4.90 Å². The van der Waals surface area contributed by atoms with Crippen LogP contribution in [-0.2, 0) is 11.1 Å². The van der Waals surface area contributed by atoms with Gasteiger partial charge in [-0.3, -0.25) is 9.13 Å². The Kier molecular flexibility index (Phi) is 9.84. The van der Waals surface area contributed by atoms with Gasteiger partial charge in [0.1, 0.15) is 23.4 Å². The van der Waals surface area contributed by atoms with Gasteiger partial charge in [0.05, 0.1) is 44.6 Å². The Hall–Kier alpha value is -9.56. The molecule has 12 aromatic rings. The molecule has 1 aliphatic heterocycles. The van der Waals surface area contributed by atoms with Gasteiger partial charge in [-0.25, -0.2) is 9.97 Å². The Morgan fingerprint density at radius 3 is 1.07 bits per heavy atom. The van der Waals surface area contributed by atoms with Crippen LogP contribution in [0.25, 0.3) is 99.8 Å². The van der Waals surface area contributed by atoms with Gasteiger partial charge in [-0.05, 0) is 97.5 Å². The molecule has 346 valence electrons. The number of hydrogen-bond donors (Lipinski definition) is 0. The second-order valence-corrected chi connectivity index (χ2v) is 20.0. The maximum Gasteiger partial charge on any atom is 0.145 e. The molecule has 7 nitrogen and oxygen atoms in total. The highest BCUT2D eigenvalue weighted by Gasteiger charge is 2.54. The van der Waals surface area contributed by atoms with Crippen LogP contribution >= 0.6 is 0 Å². The second-order valence-electron chi connectivity index (χ2n) is 20.0. The third kappa shape index (κ3) is 6.56. The van der Waals surface area contributed by atoms with Crippen molar-refractivity contribution in [2.24, 2.45) is 0 Å². The maximum atomic E-state index is 12.0. The number of para-hydroxylation sites is 1. The molecule has 0 amide bonds. The third-order valence-corrected chi connectivity index (χ3v) is 15.1. The quantitative estimate of drug-likeness (QED) is 0.159. The highest BCUT2D eigenvalue weighted by atomic mass is 15.3. The van der Waals surface area contributed by atoms with E-state index in [0.29, 0.717) is 22.7 Å². The first kappa shape index (κ1) is 43.5. The van der Waals surface area contributed by atoms with Gasteiger partial charge < -0.3 is 4.90 Å². The van der Waals surface area contributed by atoms with Gasteiger partial charge in [0.25, 0.3) is 0 Å². The molecule has 0 N–H and O–H groups in total. The lowest BCUT2D eigenvalue weighted by Crippen LogP contribution is -2.46. The summed E-state index contributed by atoms with van der Waals surface area (Å²) in [5.74, 6) is 0. The van der Waals surface area contributed by atoms with Gasteiger partial charge in [0, 0.05) is 61.9 Å². The van der Waals surface area contributed by atoms with Crippen LogP contribution in [0.4, 0.5) is 5.69 Å². The van der Waals surface area contributed by atoms with E-state index in [1.807, 2.05) is 67.0 Å². The summed E-state index contributed by atoms with van der Waals surface area (Å²) in [6.45, 7) is 9.01. The highest BCUT2D eigenvalue weighted by Crippen LogP contribution is 2.58. The molecule has 7 heteroatoms. The number of anilines is 1. The third-order valence-electron chi connectivity index (χ3n) is 15.1. The summed E-state index contributed by atoms with van der Waals surface area (Å²) >= 11 is 0. The zero-order chi connectivity index (χ0) is 49.6. The molecule has 0 fully saturated rings. The zero-order valence-corrected chi connectivity index (χ0v) is 40.8. The molecule has 13 rings (SSSR count). The molecule has 5 heterocycles. The van der Waals surface area contributed by atoms with Crippen molar-refractivity contribution in [3.63, 3.8) is 0 Å². The van der Waals surface area contributed by atoms with E-state index in [-0.39, 0.29) is 11.1 Å². The molecule has 73 heavy (non-hydrogen) atoms. The van der Waals surface area contributed by atoms with Crippen LogP contribution in [0.2, 0.25) is 0 Å². The maximum absolute atomic E-state index is 12.0. The van der Waals surface area contributed by atoms with Crippen LogP contribution in [0.5, 0.6) is 0 Å². The monoisotopic (exact) mass is 937 g/mol. The van der Waals surface area contributed by atoms with Crippen LogP contribution in [0, 0.1) is 22.7 Å². The van der Waals surface area contributed by atoms with Crippen molar-refractivity contribution in [3.05, 3.63) is 235 Å². The van der Waals surface area contributed by atoms with Crippen molar-refractivity contribution in [1.82, 2.24) is 19.1 Å². The number of nitriles is 2. The molecular formula is C66H47N7.